The number of primary amides is 1. The summed E-state index contributed by atoms with van der Waals surface area (Å²) < 4.78 is 5.25. The highest BCUT2D eigenvalue weighted by Crippen LogP contribution is 2.36. The van der Waals surface area contributed by atoms with Crippen molar-refractivity contribution in [3.8, 4) is 5.75 Å². The first kappa shape index (κ1) is 19.7. The summed E-state index contributed by atoms with van der Waals surface area (Å²) in [6.45, 7) is 0.606. The summed E-state index contributed by atoms with van der Waals surface area (Å²) >= 11 is 0. The van der Waals surface area contributed by atoms with Crippen LogP contribution in [0, 0.1) is 0 Å². The van der Waals surface area contributed by atoms with Gasteiger partial charge in [0.15, 0.2) is 6.61 Å². The third kappa shape index (κ3) is 4.35. The molecule has 0 saturated carbocycles. The molecule has 1 aliphatic rings. The first-order valence-corrected chi connectivity index (χ1v) is 10.1. The smallest absolute Gasteiger partial charge is 0.255 e. The molecule has 30 heavy (non-hydrogen) atoms. The van der Waals surface area contributed by atoms with Gasteiger partial charge in [0.1, 0.15) is 5.75 Å². The Morgan fingerprint density at radius 2 is 1.80 bits per heavy atom. The van der Waals surface area contributed by atoms with Crippen molar-refractivity contribution in [1.29, 1.82) is 0 Å². The molecule has 0 radical (unpaired) electrons. The Kier molecular flexibility index (Phi) is 5.80. The second kappa shape index (κ2) is 8.82. The summed E-state index contributed by atoms with van der Waals surface area (Å²) in [7, 11) is 0. The zero-order valence-electron chi connectivity index (χ0n) is 16.7. The first-order chi connectivity index (χ1) is 14.6. The molecule has 3 aromatic rings. The van der Waals surface area contributed by atoms with Crippen LogP contribution in [0.15, 0.2) is 72.8 Å². The van der Waals surface area contributed by atoms with E-state index < -0.39 is 5.91 Å². The molecule has 0 bridgehead atoms. The number of ether oxygens (including phenoxy) is 1. The Morgan fingerprint density at radius 1 is 1.03 bits per heavy atom. The molecular weight excluding hydrogens is 376 g/mol. The quantitative estimate of drug-likeness (QED) is 0.634. The molecule has 1 saturated heterocycles. The number of rotatable bonds is 6. The van der Waals surface area contributed by atoms with Gasteiger partial charge in [-0.3, -0.25) is 9.59 Å². The van der Waals surface area contributed by atoms with Crippen molar-refractivity contribution in [1.82, 2.24) is 4.90 Å². The molecule has 0 aromatic heterocycles. The minimum Gasteiger partial charge on any atom is -0.484 e. The number of hydrogen-bond acceptors (Lipinski definition) is 3. The molecule has 5 nitrogen and oxygen atoms in total. The molecule has 1 atom stereocenters. The maximum absolute atomic E-state index is 12.9. The number of amides is 2. The van der Waals surface area contributed by atoms with Gasteiger partial charge < -0.3 is 15.4 Å². The van der Waals surface area contributed by atoms with Crippen LogP contribution in [0.2, 0.25) is 0 Å². The van der Waals surface area contributed by atoms with Crippen LogP contribution in [0.5, 0.6) is 5.75 Å². The standard InChI is InChI=1S/C25H24N2O3/c26-24(28)17-30-20-13-10-18(11-14-20)12-15-25(29)27-16-4-9-23(27)22-8-3-6-19-5-1-2-7-21(19)22/h1-3,5-8,10-15,23H,4,9,16-17H2,(H2,26,28)/b15-12+. The van der Waals surface area contributed by atoms with Crippen LogP contribution >= 0.6 is 0 Å². The predicted molar refractivity (Wildman–Crippen MR) is 118 cm³/mol. The van der Waals surface area contributed by atoms with Crippen molar-refractivity contribution in [2.75, 3.05) is 13.2 Å². The lowest BCUT2D eigenvalue weighted by molar-refractivity contribution is -0.126. The number of nitrogens with two attached hydrogens (primary N) is 1. The predicted octanol–water partition coefficient (Wildman–Crippen LogP) is 4.08. The minimum absolute atomic E-state index is 0.0134. The molecule has 2 N–H and O–H groups in total. The zero-order chi connectivity index (χ0) is 20.9. The fourth-order valence-corrected chi connectivity index (χ4v) is 3.99. The van der Waals surface area contributed by atoms with E-state index in [1.165, 1.54) is 16.3 Å². The van der Waals surface area contributed by atoms with E-state index in [-0.39, 0.29) is 18.6 Å². The molecule has 0 aliphatic carbocycles. The number of fused-ring (bicyclic) bond motifs is 1. The van der Waals surface area contributed by atoms with Crippen LogP contribution in [0.25, 0.3) is 16.8 Å². The topological polar surface area (TPSA) is 72.6 Å². The van der Waals surface area contributed by atoms with Crippen LogP contribution < -0.4 is 10.5 Å². The Hall–Kier alpha value is -3.60. The van der Waals surface area contributed by atoms with Crippen molar-refractivity contribution in [2.45, 2.75) is 18.9 Å². The lowest BCUT2D eigenvalue weighted by Crippen LogP contribution is -2.29. The highest BCUT2D eigenvalue weighted by atomic mass is 16.5. The van der Waals surface area contributed by atoms with Crippen molar-refractivity contribution < 1.29 is 14.3 Å². The summed E-state index contributed by atoms with van der Waals surface area (Å²) in [5.74, 6) is 0.0586. The van der Waals surface area contributed by atoms with Gasteiger partial charge in [-0.05, 0) is 52.9 Å². The van der Waals surface area contributed by atoms with Crippen LogP contribution in [-0.4, -0.2) is 29.9 Å². The van der Waals surface area contributed by atoms with Gasteiger partial charge >= 0.3 is 0 Å². The van der Waals surface area contributed by atoms with Gasteiger partial charge in [-0.25, -0.2) is 0 Å². The molecule has 152 valence electrons. The monoisotopic (exact) mass is 400 g/mol. The average molecular weight is 400 g/mol. The number of nitrogens with zero attached hydrogens (tertiary/aromatic N) is 1. The lowest BCUT2D eigenvalue weighted by Gasteiger charge is -2.25. The van der Waals surface area contributed by atoms with E-state index in [4.69, 9.17) is 10.5 Å². The van der Waals surface area contributed by atoms with E-state index in [0.29, 0.717) is 5.75 Å². The average Bonchev–Trinajstić information content (AvgIpc) is 3.26. The van der Waals surface area contributed by atoms with Crippen LogP contribution in [0.3, 0.4) is 0 Å². The highest BCUT2D eigenvalue weighted by Gasteiger charge is 2.29. The van der Waals surface area contributed by atoms with E-state index >= 15 is 0 Å². The molecule has 4 rings (SSSR count). The van der Waals surface area contributed by atoms with Gasteiger partial charge in [0, 0.05) is 12.6 Å². The largest absolute Gasteiger partial charge is 0.484 e. The van der Waals surface area contributed by atoms with Crippen molar-refractivity contribution in [3.63, 3.8) is 0 Å². The van der Waals surface area contributed by atoms with E-state index in [1.807, 2.05) is 29.2 Å². The van der Waals surface area contributed by atoms with Crippen LogP contribution in [-0.2, 0) is 9.59 Å². The van der Waals surface area contributed by atoms with Gasteiger partial charge in [0.2, 0.25) is 5.91 Å². The van der Waals surface area contributed by atoms with Crippen molar-refractivity contribution >= 4 is 28.7 Å². The number of benzene rings is 3. The molecule has 1 aliphatic heterocycles. The number of hydrogen-bond donors (Lipinski definition) is 1. The number of carbonyl (C=O) groups excluding carboxylic acids is 2. The van der Waals surface area contributed by atoms with Crippen LogP contribution in [0.4, 0.5) is 0 Å². The molecule has 5 heteroatoms. The summed E-state index contributed by atoms with van der Waals surface area (Å²) in [5, 5.41) is 2.41. The molecular formula is C25H24N2O3. The molecule has 3 aromatic carbocycles. The molecule has 1 unspecified atom stereocenters. The Labute approximate surface area is 175 Å². The maximum atomic E-state index is 12.9. The lowest BCUT2D eigenvalue weighted by atomic mass is 9.97. The Balaban J connectivity index is 1.48. The Bertz CT molecular complexity index is 1080. The van der Waals surface area contributed by atoms with Gasteiger partial charge in [0.05, 0.1) is 6.04 Å². The SMILES string of the molecule is NC(=O)COc1ccc(/C=C/C(=O)N2CCCC2c2cccc3ccccc23)cc1. The maximum Gasteiger partial charge on any atom is 0.255 e. The van der Waals surface area contributed by atoms with Gasteiger partial charge in [-0.15, -0.1) is 0 Å². The van der Waals surface area contributed by atoms with Gasteiger partial charge in [0.25, 0.3) is 5.91 Å². The van der Waals surface area contributed by atoms with E-state index in [2.05, 4.69) is 30.3 Å². The number of likely N-dealkylation sites (tertiary alicyclic amines) is 1. The van der Waals surface area contributed by atoms with Crippen molar-refractivity contribution in [3.05, 3.63) is 83.9 Å². The first-order valence-electron chi connectivity index (χ1n) is 10.1. The fourth-order valence-electron chi connectivity index (χ4n) is 3.99. The molecule has 1 heterocycles. The summed E-state index contributed by atoms with van der Waals surface area (Å²) in [6.07, 6.45) is 5.40. The summed E-state index contributed by atoms with van der Waals surface area (Å²) in [6, 6.07) is 21.9. The summed E-state index contributed by atoms with van der Waals surface area (Å²) in [4.78, 5) is 25.7. The third-order valence-electron chi connectivity index (χ3n) is 5.40. The Morgan fingerprint density at radius 3 is 2.60 bits per heavy atom. The van der Waals surface area contributed by atoms with Gasteiger partial charge in [-0.2, -0.15) is 0 Å². The normalized spacial score (nSPS) is 16.3. The van der Waals surface area contributed by atoms with Crippen molar-refractivity contribution in [2.24, 2.45) is 5.73 Å². The second-order valence-electron chi connectivity index (χ2n) is 7.42. The minimum atomic E-state index is -0.518. The second-order valence-corrected chi connectivity index (χ2v) is 7.42. The van der Waals surface area contributed by atoms with E-state index in [0.717, 1.165) is 24.9 Å². The zero-order valence-corrected chi connectivity index (χ0v) is 16.7. The van der Waals surface area contributed by atoms with Gasteiger partial charge in [-0.1, -0.05) is 54.6 Å². The third-order valence-corrected chi connectivity index (χ3v) is 5.40. The van der Waals surface area contributed by atoms with E-state index in [9.17, 15) is 9.59 Å². The fraction of sp³-hybridized carbons (Fsp3) is 0.200. The molecule has 2 amide bonds. The molecule has 0 spiro atoms. The molecule has 1 fully saturated rings. The van der Waals surface area contributed by atoms with Crippen LogP contribution in [0.1, 0.15) is 30.0 Å². The number of carbonyl (C=O) groups is 2. The highest BCUT2D eigenvalue weighted by molar-refractivity contribution is 5.93. The summed E-state index contributed by atoms with van der Waals surface area (Å²) in [5.41, 5.74) is 7.17. The van der Waals surface area contributed by atoms with E-state index in [1.54, 1.807) is 24.3 Å².